The molecule has 0 saturated carbocycles. The molecule has 1 atom stereocenters. The van der Waals surface area contributed by atoms with Crippen LogP contribution >= 0.6 is 0 Å². The fourth-order valence-electron chi connectivity index (χ4n) is 4.06. The van der Waals surface area contributed by atoms with Gasteiger partial charge >= 0.3 is 5.69 Å². The number of pyridine rings is 1. The number of nitrogens with zero attached hydrogens (tertiary/aromatic N) is 4. The number of ether oxygens (including phenoxy) is 1. The van der Waals surface area contributed by atoms with Crippen LogP contribution in [0.2, 0.25) is 0 Å². The van der Waals surface area contributed by atoms with Gasteiger partial charge in [0, 0.05) is 44.6 Å². The molecule has 0 bridgehead atoms. The molecule has 3 aromatic rings. The van der Waals surface area contributed by atoms with E-state index in [1.54, 1.807) is 51.6 Å². The van der Waals surface area contributed by atoms with Crippen molar-refractivity contribution in [2.24, 2.45) is 0 Å². The number of aromatic nitrogens is 3. The molecule has 0 radical (unpaired) electrons. The van der Waals surface area contributed by atoms with Crippen LogP contribution < -0.4 is 11.0 Å². The summed E-state index contributed by atoms with van der Waals surface area (Å²) in [6, 6.07) is 10.4. The van der Waals surface area contributed by atoms with Crippen molar-refractivity contribution in [3.63, 3.8) is 0 Å². The maximum Gasteiger partial charge on any atom is 0.330 e. The summed E-state index contributed by atoms with van der Waals surface area (Å²) in [6.45, 7) is 3.30. The average Bonchev–Trinajstić information content (AvgIpc) is 3.34. The third kappa shape index (κ3) is 4.09. The Balaban J connectivity index is 1.56. The minimum Gasteiger partial charge on any atom is -0.383 e. The highest BCUT2D eigenvalue weighted by atomic mass is 16.5. The molecule has 3 heterocycles. The molecule has 1 aromatic carbocycles. The summed E-state index contributed by atoms with van der Waals surface area (Å²) >= 11 is 0. The minimum absolute atomic E-state index is 0.0963. The molecule has 0 unspecified atom stereocenters. The normalized spacial score (nSPS) is 16.1. The number of rotatable bonds is 6. The van der Waals surface area contributed by atoms with E-state index in [4.69, 9.17) is 4.74 Å². The van der Waals surface area contributed by atoms with Crippen molar-refractivity contribution in [3.05, 3.63) is 58.6 Å². The monoisotopic (exact) mass is 423 g/mol. The molecule has 2 aromatic heterocycles. The standard InChI is InChI=1S/C22H25N5O4/c1-15(28)24-17-7-5-16(6-8-17)21(29)25-11-9-18(14-25)27-20-19(4-3-10-23-20)26(22(27)30)12-13-31-2/h3-8,10,18H,9,11-14H2,1-2H3,(H,24,28)/t18-/m1/s1. The van der Waals surface area contributed by atoms with Gasteiger partial charge in [0.1, 0.15) is 0 Å². The van der Waals surface area contributed by atoms with Gasteiger partial charge in [-0.25, -0.2) is 9.78 Å². The average molecular weight is 423 g/mol. The number of benzene rings is 1. The lowest BCUT2D eigenvalue weighted by Crippen LogP contribution is -2.32. The summed E-state index contributed by atoms with van der Waals surface area (Å²) in [5.41, 5.74) is 2.45. The Morgan fingerprint density at radius 3 is 2.71 bits per heavy atom. The molecule has 1 saturated heterocycles. The second-order valence-electron chi connectivity index (χ2n) is 7.60. The van der Waals surface area contributed by atoms with Crippen LogP contribution in [0.3, 0.4) is 0 Å². The third-order valence-corrected chi connectivity index (χ3v) is 5.51. The van der Waals surface area contributed by atoms with Gasteiger partial charge in [0.05, 0.1) is 24.7 Å². The number of anilines is 1. The van der Waals surface area contributed by atoms with Crippen molar-refractivity contribution >= 4 is 28.7 Å². The first kappa shape index (κ1) is 20.8. The molecule has 0 aliphatic carbocycles. The summed E-state index contributed by atoms with van der Waals surface area (Å²) < 4.78 is 8.53. The minimum atomic E-state index is -0.162. The lowest BCUT2D eigenvalue weighted by molar-refractivity contribution is -0.114. The molecule has 1 aliphatic rings. The van der Waals surface area contributed by atoms with E-state index in [9.17, 15) is 14.4 Å². The van der Waals surface area contributed by atoms with Crippen molar-refractivity contribution in [2.45, 2.75) is 25.9 Å². The zero-order valence-corrected chi connectivity index (χ0v) is 17.6. The van der Waals surface area contributed by atoms with Crippen LogP contribution in [0.5, 0.6) is 0 Å². The molecule has 9 nitrogen and oxygen atoms in total. The second kappa shape index (κ2) is 8.73. The Morgan fingerprint density at radius 1 is 1.23 bits per heavy atom. The van der Waals surface area contributed by atoms with E-state index in [1.165, 1.54) is 6.92 Å². The Labute approximate surface area is 179 Å². The Hall–Kier alpha value is -3.46. The van der Waals surface area contributed by atoms with E-state index in [1.807, 2.05) is 12.1 Å². The Kier molecular flexibility index (Phi) is 5.85. The molecule has 1 aliphatic heterocycles. The molecule has 1 N–H and O–H groups in total. The number of imidazole rings is 1. The molecule has 4 rings (SSSR count). The van der Waals surface area contributed by atoms with Gasteiger partial charge in [0.25, 0.3) is 5.91 Å². The van der Waals surface area contributed by atoms with Crippen LogP contribution in [-0.4, -0.2) is 57.6 Å². The fourth-order valence-corrected chi connectivity index (χ4v) is 4.06. The Bertz CT molecular complexity index is 1160. The van der Waals surface area contributed by atoms with E-state index in [0.717, 1.165) is 5.52 Å². The second-order valence-corrected chi connectivity index (χ2v) is 7.60. The van der Waals surface area contributed by atoms with Gasteiger partial charge < -0.3 is 15.0 Å². The highest BCUT2D eigenvalue weighted by Gasteiger charge is 2.31. The molecule has 1 fully saturated rings. The third-order valence-electron chi connectivity index (χ3n) is 5.51. The number of carbonyl (C=O) groups is 2. The van der Waals surface area contributed by atoms with Crippen molar-refractivity contribution < 1.29 is 14.3 Å². The van der Waals surface area contributed by atoms with E-state index in [-0.39, 0.29) is 23.5 Å². The smallest absolute Gasteiger partial charge is 0.330 e. The van der Waals surface area contributed by atoms with E-state index in [2.05, 4.69) is 10.3 Å². The molecule has 31 heavy (non-hydrogen) atoms. The van der Waals surface area contributed by atoms with Crippen LogP contribution in [-0.2, 0) is 16.1 Å². The molecular formula is C22H25N5O4. The maximum absolute atomic E-state index is 13.1. The van der Waals surface area contributed by atoms with E-state index in [0.29, 0.717) is 49.6 Å². The number of hydrogen-bond donors (Lipinski definition) is 1. The van der Waals surface area contributed by atoms with Crippen molar-refractivity contribution in [1.29, 1.82) is 0 Å². The van der Waals surface area contributed by atoms with Crippen LogP contribution in [0.1, 0.15) is 29.7 Å². The summed E-state index contributed by atoms with van der Waals surface area (Å²) in [4.78, 5) is 43.5. The number of carbonyl (C=O) groups excluding carboxylic acids is 2. The highest BCUT2D eigenvalue weighted by Crippen LogP contribution is 2.25. The van der Waals surface area contributed by atoms with Gasteiger partial charge in [-0.1, -0.05) is 0 Å². The first-order valence-corrected chi connectivity index (χ1v) is 10.2. The van der Waals surface area contributed by atoms with Crippen LogP contribution in [0, 0.1) is 0 Å². The number of nitrogens with one attached hydrogen (secondary N) is 1. The summed E-state index contributed by atoms with van der Waals surface area (Å²) in [6.07, 6.45) is 2.35. The SMILES string of the molecule is COCCn1c(=O)n([C@@H]2CCN(C(=O)c3ccc(NC(C)=O)cc3)C2)c2ncccc21. The van der Waals surface area contributed by atoms with Crippen molar-refractivity contribution in [2.75, 3.05) is 32.1 Å². The quantitative estimate of drug-likeness (QED) is 0.653. The summed E-state index contributed by atoms with van der Waals surface area (Å²) in [7, 11) is 1.60. The largest absolute Gasteiger partial charge is 0.383 e. The Morgan fingerprint density at radius 2 is 2.00 bits per heavy atom. The number of methoxy groups -OCH3 is 1. The number of likely N-dealkylation sites (tertiary alicyclic amines) is 1. The van der Waals surface area contributed by atoms with Gasteiger partial charge in [-0.2, -0.15) is 0 Å². The van der Waals surface area contributed by atoms with E-state index < -0.39 is 0 Å². The van der Waals surface area contributed by atoms with Gasteiger partial charge in [0.2, 0.25) is 5.91 Å². The van der Waals surface area contributed by atoms with Gasteiger partial charge in [-0.3, -0.25) is 18.7 Å². The molecule has 9 heteroatoms. The predicted molar refractivity (Wildman–Crippen MR) is 116 cm³/mol. The number of amides is 2. The van der Waals surface area contributed by atoms with Crippen molar-refractivity contribution in [1.82, 2.24) is 19.0 Å². The van der Waals surface area contributed by atoms with Gasteiger partial charge in [-0.15, -0.1) is 0 Å². The fraction of sp³-hybridized carbons (Fsp3) is 0.364. The summed E-state index contributed by atoms with van der Waals surface area (Å²) in [5.74, 6) is -0.258. The van der Waals surface area contributed by atoms with Gasteiger partial charge in [-0.05, 0) is 42.8 Å². The van der Waals surface area contributed by atoms with E-state index >= 15 is 0 Å². The van der Waals surface area contributed by atoms with Gasteiger partial charge in [0.15, 0.2) is 5.65 Å². The van der Waals surface area contributed by atoms with Crippen LogP contribution in [0.25, 0.3) is 11.2 Å². The van der Waals surface area contributed by atoms with Crippen molar-refractivity contribution in [3.8, 4) is 0 Å². The van der Waals surface area contributed by atoms with Crippen LogP contribution in [0.15, 0.2) is 47.4 Å². The predicted octanol–water partition coefficient (Wildman–Crippen LogP) is 1.89. The molecule has 162 valence electrons. The first-order valence-electron chi connectivity index (χ1n) is 10.2. The zero-order valence-electron chi connectivity index (χ0n) is 17.6. The first-order chi connectivity index (χ1) is 15.0. The number of fused-ring (bicyclic) bond motifs is 1. The summed E-state index contributed by atoms with van der Waals surface area (Å²) in [5, 5.41) is 2.69. The zero-order chi connectivity index (χ0) is 22.0. The molecular weight excluding hydrogens is 398 g/mol. The molecule has 2 amide bonds. The topological polar surface area (TPSA) is 98.5 Å². The lowest BCUT2D eigenvalue weighted by Gasteiger charge is -2.17. The lowest BCUT2D eigenvalue weighted by atomic mass is 10.2. The number of hydrogen-bond acceptors (Lipinski definition) is 5. The van der Waals surface area contributed by atoms with Crippen LogP contribution in [0.4, 0.5) is 5.69 Å². The maximum atomic E-state index is 13.1. The highest BCUT2D eigenvalue weighted by molar-refractivity contribution is 5.95. The molecule has 0 spiro atoms.